The Morgan fingerprint density at radius 2 is 2.12 bits per heavy atom. The zero-order valence-corrected chi connectivity index (χ0v) is 15.3. The molecule has 1 aromatic carbocycles. The molecule has 4 rings (SSSR count). The molecule has 1 aromatic heterocycles. The van der Waals surface area contributed by atoms with E-state index in [4.69, 9.17) is 4.74 Å². The van der Waals surface area contributed by atoms with Crippen LogP contribution in [0, 0.1) is 0 Å². The van der Waals surface area contributed by atoms with E-state index in [0.717, 1.165) is 31.9 Å². The molecule has 4 nitrogen and oxygen atoms in total. The number of piperidine rings is 1. The van der Waals surface area contributed by atoms with Crippen molar-refractivity contribution in [3.8, 4) is 5.75 Å². The number of nitrogens with zero attached hydrogens (tertiary/aromatic N) is 3. The number of aromatic nitrogens is 2. The minimum Gasteiger partial charge on any atom is -0.493 e. The summed E-state index contributed by atoms with van der Waals surface area (Å²) >= 11 is 1.76. The third kappa shape index (κ3) is 3.07. The Hall–Kier alpha value is -1.46. The maximum Gasteiger partial charge on any atom is 0.122 e. The van der Waals surface area contributed by atoms with E-state index in [2.05, 4.69) is 52.3 Å². The lowest BCUT2D eigenvalue weighted by Gasteiger charge is -2.36. The van der Waals surface area contributed by atoms with Crippen molar-refractivity contribution < 1.29 is 4.74 Å². The number of thioether (sulfide) groups is 1. The summed E-state index contributed by atoms with van der Waals surface area (Å²) in [5.74, 6) is 1.09. The molecule has 0 amide bonds. The SMILES string of the molecule is CSc1cnn(C2CCN(C(C)c3ccc4c(c3)OCC4)CC2)c1. The first-order valence-electron chi connectivity index (χ1n) is 8.82. The van der Waals surface area contributed by atoms with Crippen LogP contribution in [0.4, 0.5) is 0 Å². The van der Waals surface area contributed by atoms with Crippen LogP contribution in [0.3, 0.4) is 0 Å². The van der Waals surface area contributed by atoms with Crippen LogP contribution in [0.2, 0.25) is 0 Å². The molecule has 24 heavy (non-hydrogen) atoms. The van der Waals surface area contributed by atoms with Crippen LogP contribution in [-0.2, 0) is 6.42 Å². The Labute approximate surface area is 148 Å². The van der Waals surface area contributed by atoms with Gasteiger partial charge in [0.05, 0.1) is 18.8 Å². The average molecular weight is 343 g/mol. The molecule has 2 aliphatic rings. The second-order valence-electron chi connectivity index (χ2n) is 6.77. The highest BCUT2D eigenvalue weighted by Crippen LogP contribution is 2.33. The van der Waals surface area contributed by atoms with E-state index in [0.29, 0.717) is 12.1 Å². The Morgan fingerprint density at radius 3 is 2.88 bits per heavy atom. The van der Waals surface area contributed by atoms with Gasteiger partial charge in [-0.25, -0.2) is 0 Å². The summed E-state index contributed by atoms with van der Waals surface area (Å²) in [7, 11) is 0. The summed E-state index contributed by atoms with van der Waals surface area (Å²) in [5, 5.41) is 4.54. The standard InChI is InChI=1S/C19H25N3OS/c1-14(16-4-3-15-7-10-23-19(15)11-16)21-8-5-17(6-9-21)22-13-18(24-2)12-20-22/h3-4,11-14,17H,5-10H2,1-2H3. The van der Waals surface area contributed by atoms with Gasteiger partial charge in [0.15, 0.2) is 0 Å². The van der Waals surface area contributed by atoms with Crippen LogP contribution < -0.4 is 4.74 Å². The number of benzene rings is 1. The first-order chi connectivity index (χ1) is 11.7. The molecule has 0 bridgehead atoms. The largest absolute Gasteiger partial charge is 0.493 e. The number of rotatable bonds is 4. The van der Waals surface area contributed by atoms with E-state index >= 15 is 0 Å². The van der Waals surface area contributed by atoms with E-state index in [1.807, 2.05) is 6.20 Å². The average Bonchev–Trinajstić information content (AvgIpc) is 3.29. The van der Waals surface area contributed by atoms with Crippen molar-refractivity contribution in [2.75, 3.05) is 26.0 Å². The van der Waals surface area contributed by atoms with Crippen molar-refractivity contribution in [3.63, 3.8) is 0 Å². The Kier molecular flexibility index (Phi) is 4.55. The highest BCUT2D eigenvalue weighted by molar-refractivity contribution is 7.98. The quantitative estimate of drug-likeness (QED) is 0.787. The molecule has 2 aliphatic heterocycles. The van der Waals surface area contributed by atoms with Crippen molar-refractivity contribution in [2.24, 2.45) is 0 Å². The van der Waals surface area contributed by atoms with Gasteiger partial charge in [0, 0.05) is 36.6 Å². The zero-order valence-electron chi connectivity index (χ0n) is 14.4. The molecule has 0 aliphatic carbocycles. The lowest BCUT2D eigenvalue weighted by atomic mass is 9.99. The predicted octanol–water partition coefficient (Wildman–Crippen LogP) is 3.94. The molecular weight excluding hydrogens is 318 g/mol. The summed E-state index contributed by atoms with van der Waals surface area (Å²) in [6.07, 6.45) is 9.66. The van der Waals surface area contributed by atoms with Crippen molar-refractivity contribution in [2.45, 2.75) is 43.2 Å². The highest BCUT2D eigenvalue weighted by Gasteiger charge is 2.25. The fourth-order valence-corrected chi connectivity index (χ4v) is 4.18. The topological polar surface area (TPSA) is 30.3 Å². The number of ether oxygens (including phenoxy) is 1. The molecule has 3 heterocycles. The van der Waals surface area contributed by atoms with Gasteiger partial charge in [-0.05, 0) is 43.2 Å². The zero-order chi connectivity index (χ0) is 16.5. The van der Waals surface area contributed by atoms with Gasteiger partial charge in [0.1, 0.15) is 5.75 Å². The van der Waals surface area contributed by atoms with Gasteiger partial charge in [-0.3, -0.25) is 9.58 Å². The molecule has 5 heteroatoms. The Morgan fingerprint density at radius 1 is 1.29 bits per heavy atom. The maximum atomic E-state index is 5.73. The fourth-order valence-electron chi connectivity index (χ4n) is 3.82. The van der Waals surface area contributed by atoms with E-state index < -0.39 is 0 Å². The highest BCUT2D eigenvalue weighted by atomic mass is 32.2. The maximum absolute atomic E-state index is 5.73. The summed E-state index contributed by atoms with van der Waals surface area (Å²) in [5.41, 5.74) is 2.73. The second-order valence-corrected chi connectivity index (χ2v) is 7.65. The molecule has 0 N–H and O–H groups in total. The smallest absolute Gasteiger partial charge is 0.122 e. The first-order valence-corrected chi connectivity index (χ1v) is 10.0. The molecule has 128 valence electrons. The Bertz CT molecular complexity index is 706. The second kappa shape index (κ2) is 6.81. The van der Waals surface area contributed by atoms with E-state index in [1.54, 1.807) is 11.8 Å². The van der Waals surface area contributed by atoms with E-state index in [1.165, 1.54) is 28.9 Å². The van der Waals surface area contributed by atoms with Crippen LogP contribution in [-0.4, -0.2) is 40.6 Å². The molecule has 1 saturated heterocycles. The fraction of sp³-hybridized carbons (Fsp3) is 0.526. The monoisotopic (exact) mass is 343 g/mol. The van der Waals surface area contributed by atoms with Gasteiger partial charge in [-0.15, -0.1) is 11.8 Å². The van der Waals surface area contributed by atoms with Gasteiger partial charge < -0.3 is 4.74 Å². The summed E-state index contributed by atoms with van der Waals surface area (Å²) < 4.78 is 7.90. The predicted molar refractivity (Wildman–Crippen MR) is 97.9 cm³/mol. The minimum atomic E-state index is 0.444. The number of fused-ring (bicyclic) bond motifs is 1. The molecule has 0 spiro atoms. The van der Waals surface area contributed by atoms with Crippen LogP contribution in [0.1, 0.15) is 43.0 Å². The van der Waals surface area contributed by atoms with Crippen LogP contribution >= 0.6 is 11.8 Å². The van der Waals surface area contributed by atoms with Gasteiger partial charge in [0.25, 0.3) is 0 Å². The normalized spacial score (nSPS) is 19.9. The van der Waals surface area contributed by atoms with E-state index in [9.17, 15) is 0 Å². The molecule has 2 aromatic rings. The molecule has 1 unspecified atom stereocenters. The van der Waals surface area contributed by atoms with Gasteiger partial charge in [-0.1, -0.05) is 12.1 Å². The number of hydrogen-bond donors (Lipinski definition) is 0. The van der Waals surface area contributed by atoms with Crippen LogP contribution in [0.15, 0.2) is 35.5 Å². The van der Waals surface area contributed by atoms with E-state index in [-0.39, 0.29) is 0 Å². The van der Waals surface area contributed by atoms with Crippen molar-refractivity contribution in [1.82, 2.24) is 14.7 Å². The van der Waals surface area contributed by atoms with Crippen molar-refractivity contribution >= 4 is 11.8 Å². The minimum absolute atomic E-state index is 0.444. The molecule has 0 saturated carbocycles. The Balaban J connectivity index is 1.40. The summed E-state index contributed by atoms with van der Waals surface area (Å²) in [6, 6.07) is 7.76. The molecule has 1 atom stereocenters. The van der Waals surface area contributed by atoms with Gasteiger partial charge >= 0.3 is 0 Å². The van der Waals surface area contributed by atoms with Crippen molar-refractivity contribution in [1.29, 1.82) is 0 Å². The third-order valence-corrected chi connectivity index (χ3v) is 6.12. The van der Waals surface area contributed by atoms with Crippen LogP contribution in [0.25, 0.3) is 0 Å². The lowest BCUT2D eigenvalue weighted by Crippen LogP contribution is -2.36. The number of likely N-dealkylation sites (tertiary alicyclic amines) is 1. The lowest BCUT2D eigenvalue weighted by molar-refractivity contribution is 0.139. The van der Waals surface area contributed by atoms with Gasteiger partial charge in [-0.2, -0.15) is 5.10 Å². The van der Waals surface area contributed by atoms with Crippen molar-refractivity contribution in [3.05, 3.63) is 41.7 Å². The third-order valence-electron chi connectivity index (χ3n) is 5.44. The first kappa shape index (κ1) is 16.0. The molecular formula is C19H25N3OS. The van der Waals surface area contributed by atoms with Crippen LogP contribution in [0.5, 0.6) is 5.75 Å². The number of hydrogen-bond acceptors (Lipinski definition) is 4. The summed E-state index contributed by atoms with van der Waals surface area (Å²) in [6.45, 7) is 5.40. The molecule has 0 radical (unpaired) electrons. The van der Waals surface area contributed by atoms with Gasteiger partial charge in [0.2, 0.25) is 0 Å². The summed E-state index contributed by atoms with van der Waals surface area (Å²) in [4.78, 5) is 3.84. The molecule has 1 fully saturated rings.